The molecule has 0 heterocycles. The van der Waals surface area contributed by atoms with E-state index in [0.29, 0.717) is 12.5 Å². The van der Waals surface area contributed by atoms with E-state index in [9.17, 15) is 9.59 Å². The summed E-state index contributed by atoms with van der Waals surface area (Å²) < 4.78 is 0. The average molecular weight is 255 g/mol. The zero-order valence-corrected chi connectivity index (χ0v) is 11.6. The molecule has 0 radical (unpaired) electrons. The fourth-order valence-electron chi connectivity index (χ4n) is 2.49. The highest BCUT2D eigenvalue weighted by Gasteiger charge is 2.29. The highest BCUT2D eigenvalue weighted by molar-refractivity contribution is 5.85. The third-order valence-corrected chi connectivity index (χ3v) is 3.66. The fourth-order valence-corrected chi connectivity index (χ4v) is 2.49. The molecule has 18 heavy (non-hydrogen) atoms. The van der Waals surface area contributed by atoms with Crippen molar-refractivity contribution in [2.75, 3.05) is 20.1 Å². The lowest BCUT2D eigenvalue weighted by atomic mass is 9.79. The fraction of sp³-hybridized carbons (Fsp3) is 0.846. The van der Waals surface area contributed by atoms with Crippen molar-refractivity contribution in [2.45, 2.75) is 39.2 Å². The van der Waals surface area contributed by atoms with Crippen LogP contribution >= 0.6 is 0 Å². The molecule has 0 aromatic rings. The molecular formula is C13H25N3O2. The Bertz CT molecular complexity index is 297. The van der Waals surface area contributed by atoms with Crippen molar-refractivity contribution in [3.05, 3.63) is 0 Å². The Labute approximate surface area is 109 Å². The van der Waals surface area contributed by atoms with Gasteiger partial charge in [-0.05, 0) is 32.1 Å². The second-order valence-electron chi connectivity index (χ2n) is 5.40. The van der Waals surface area contributed by atoms with E-state index in [4.69, 9.17) is 5.73 Å². The van der Waals surface area contributed by atoms with Gasteiger partial charge in [0.15, 0.2) is 0 Å². The molecule has 0 bridgehead atoms. The third kappa shape index (κ3) is 4.29. The first kappa shape index (κ1) is 15.0. The summed E-state index contributed by atoms with van der Waals surface area (Å²) in [5.74, 6) is 0.357. The van der Waals surface area contributed by atoms with Crippen LogP contribution in [0.2, 0.25) is 0 Å². The molecule has 3 atom stereocenters. The van der Waals surface area contributed by atoms with Gasteiger partial charge in [0.25, 0.3) is 0 Å². The largest absolute Gasteiger partial charge is 0.347 e. The van der Waals surface area contributed by atoms with E-state index in [0.717, 1.165) is 19.3 Å². The number of carbonyl (C=O) groups is 2. The average Bonchev–Trinajstić information content (AvgIpc) is 2.33. The van der Waals surface area contributed by atoms with Gasteiger partial charge in [-0.3, -0.25) is 9.59 Å². The predicted molar refractivity (Wildman–Crippen MR) is 70.8 cm³/mol. The smallest absolute Gasteiger partial charge is 0.241 e. The maximum absolute atomic E-state index is 12.0. The number of nitrogens with zero attached hydrogens (tertiary/aromatic N) is 1. The molecule has 3 unspecified atom stereocenters. The molecular weight excluding hydrogens is 230 g/mol. The first-order chi connectivity index (χ1) is 8.43. The zero-order valence-electron chi connectivity index (χ0n) is 11.6. The Kier molecular flexibility index (Phi) is 5.59. The van der Waals surface area contributed by atoms with Crippen LogP contribution in [0.25, 0.3) is 0 Å². The van der Waals surface area contributed by atoms with E-state index >= 15 is 0 Å². The molecule has 5 heteroatoms. The molecule has 2 amide bonds. The van der Waals surface area contributed by atoms with Crippen LogP contribution in [0.5, 0.6) is 0 Å². The molecule has 1 rings (SSSR count). The van der Waals surface area contributed by atoms with Crippen molar-refractivity contribution >= 4 is 11.8 Å². The molecule has 104 valence electrons. The molecule has 0 saturated heterocycles. The Balaban J connectivity index is 2.38. The van der Waals surface area contributed by atoms with Crippen LogP contribution in [0.4, 0.5) is 0 Å². The topological polar surface area (TPSA) is 75.4 Å². The molecule has 1 aliphatic carbocycles. The second-order valence-corrected chi connectivity index (χ2v) is 5.40. The molecule has 1 saturated carbocycles. The molecule has 0 aromatic heterocycles. The van der Waals surface area contributed by atoms with E-state index in [-0.39, 0.29) is 30.3 Å². The number of likely N-dealkylation sites (N-methyl/N-ethyl adjacent to an activating group) is 1. The summed E-state index contributed by atoms with van der Waals surface area (Å²) in [5.41, 5.74) is 5.92. The Morgan fingerprint density at radius 1 is 1.33 bits per heavy atom. The maximum atomic E-state index is 12.0. The van der Waals surface area contributed by atoms with Crippen LogP contribution in [0.15, 0.2) is 0 Å². The van der Waals surface area contributed by atoms with Crippen LogP contribution in [-0.2, 0) is 9.59 Å². The first-order valence-corrected chi connectivity index (χ1v) is 6.71. The van der Waals surface area contributed by atoms with Crippen molar-refractivity contribution in [1.29, 1.82) is 0 Å². The van der Waals surface area contributed by atoms with Gasteiger partial charge in [-0.1, -0.05) is 6.92 Å². The van der Waals surface area contributed by atoms with Gasteiger partial charge in [-0.15, -0.1) is 0 Å². The van der Waals surface area contributed by atoms with Gasteiger partial charge in [0.2, 0.25) is 11.8 Å². The quantitative estimate of drug-likeness (QED) is 0.761. The number of hydrogen-bond acceptors (Lipinski definition) is 3. The highest BCUT2D eigenvalue weighted by Crippen LogP contribution is 2.27. The van der Waals surface area contributed by atoms with Crippen molar-refractivity contribution in [2.24, 2.45) is 17.6 Å². The summed E-state index contributed by atoms with van der Waals surface area (Å²) in [4.78, 5) is 25.1. The number of hydrogen-bond donors (Lipinski definition) is 2. The maximum Gasteiger partial charge on any atom is 0.241 e. The number of nitrogens with two attached hydrogens (primary N) is 1. The van der Waals surface area contributed by atoms with E-state index in [2.05, 4.69) is 12.2 Å². The van der Waals surface area contributed by atoms with E-state index < -0.39 is 0 Å². The van der Waals surface area contributed by atoms with Crippen molar-refractivity contribution in [1.82, 2.24) is 10.2 Å². The molecule has 0 aromatic carbocycles. The molecule has 5 nitrogen and oxygen atoms in total. The molecule has 0 spiro atoms. The second kappa shape index (κ2) is 6.73. The van der Waals surface area contributed by atoms with Gasteiger partial charge in [0.1, 0.15) is 0 Å². The van der Waals surface area contributed by atoms with Gasteiger partial charge < -0.3 is 16.0 Å². The van der Waals surface area contributed by atoms with Crippen LogP contribution < -0.4 is 11.1 Å². The molecule has 1 fully saturated rings. The summed E-state index contributed by atoms with van der Waals surface area (Å²) in [7, 11) is 1.73. The van der Waals surface area contributed by atoms with E-state index in [1.54, 1.807) is 11.9 Å². The Hall–Kier alpha value is -1.10. The minimum absolute atomic E-state index is 0.0325. The summed E-state index contributed by atoms with van der Waals surface area (Å²) in [6, 6.07) is 0.110. The summed E-state index contributed by atoms with van der Waals surface area (Å²) in [6.45, 7) is 4.76. The zero-order chi connectivity index (χ0) is 13.7. The van der Waals surface area contributed by atoms with Crippen LogP contribution in [0, 0.1) is 11.8 Å². The predicted octanol–water partition coefficient (Wildman–Crippen LogP) is 0.344. The lowest BCUT2D eigenvalue weighted by Gasteiger charge is -2.30. The lowest BCUT2D eigenvalue weighted by molar-refractivity contribution is -0.133. The van der Waals surface area contributed by atoms with E-state index in [1.807, 2.05) is 6.92 Å². The number of amides is 2. The third-order valence-electron chi connectivity index (χ3n) is 3.66. The summed E-state index contributed by atoms with van der Waals surface area (Å²) >= 11 is 0. The van der Waals surface area contributed by atoms with Crippen molar-refractivity contribution in [3.63, 3.8) is 0 Å². The highest BCUT2D eigenvalue weighted by atomic mass is 16.2. The number of rotatable bonds is 4. The van der Waals surface area contributed by atoms with Crippen LogP contribution in [-0.4, -0.2) is 42.9 Å². The van der Waals surface area contributed by atoms with Gasteiger partial charge in [-0.2, -0.15) is 0 Å². The number of nitrogens with one attached hydrogen (secondary N) is 1. The Morgan fingerprint density at radius 3 is 2.56 bits per heavy atom. The van der Waals surface area contributed by atoms with Crippen LogP contribution in [0.1, 0.15) is 33.1 Å². The number of carbonyl (C=O) groups excluding carboxylic acids is 2. The Morgan fingerprint density at radius 2 is 2.00 bits per heavy atom. The summed E-state index contributed by atoms with van der Waals surface area (Å²) in [5, 5.41) is 2.72. The molecule has 3 N–H and O–H groups in total. The standard InChI is InChI=1S/C13H25N3O2/c1-4-16(3)12(17)8-15-13(18)10-5-9(2)6-11(14)7-10/h9-11H,4-8,14H2,1-3H3,(H,15,18). The van der Waals surface area contributed by atoms with Gasteiger partial charge >= 0.3 is 0 Å². The van der Waals surface area contributed by atoms with Gasteiger partial charge in [-0.25, -0.2) is 0 Å². The SMILES string of the molecule is CCN(C)C(=O)CNC(=O)C1CC(C)CC(N)C1. The van der Waals surface area contributed by atoms with Crippen LogP contribution in [0.3, 0.4) is 0 Å². The van der Waals surface area contributed by atoms with Gasteiger partial charge in [0.05, 0.1) is 6.54 Å². The minimum atomic E-state index is -0.0565. The lowest BCUT2D eigenvalue weighted by Crippen LogP contribution is -2.43. The van der Waals surface area contributed by atoms with Crippen molar-refractivity contribution in [3.8, 4) is 0 Å². The van der Waals surface area contributed by atoms with Crippen molar-refractivity contribution < 1.29 is 9.59 Å². The molecule has 1 aliphatic rings. The normalized spacial score (nSPS) is 27.7. The van der Waals surface area contributed by atoms with Gasteiger partial charge in [0, 0.05) is 25.6 Å². The first-order valence-electron chi connectivity index (χ1n) is 6.71. The molecule has 0 aliphatic heterocycles. The van der Waals surface area contributed by atoms with E-state index in [1.165, 1.54) is 0 Å². The summed E-state index contributed by atoms with van der Waals surface area (Å²) in [6.07, 6.45) is 2.59. The monoisotopic (exact) mass is 255 g/mol. The minimum Gasteiger partial charge on any atom is -0.347 e.